The number of aromatic nitrogens is 3. The van der Waals surface area contributed by atoms with Crippen molar-refractivity contribution < 1.29 is 9.32 Å². The Morgan fingerprint density at radius 2 is 2.11 bits per heavy atom. The first kappa shape index (κ1) is 17.9. The van der Waals surface area contributed by atoms with E-state index in [4.69, 9.17) is 9.51 Å². The summed E-state index contributed by atoms with van der Waals surface area (Å²) in [5.41, 5.74) is 3.34. The lowest BCUT2D eigenvalue weighted by atomic mass is 9.78. The number of likely N-dealkylation sites (tertiary alicyclic amines) is 1. The normalized spacial score (nSPS) is 22.0. The molecular weight excluding hydrogens is 354 g/mol. The van der Waals surface area contributed by atoms with E-state index in [2.05, 4.69) is 28.9 Å². The van der Waals surface area contributed by atoms with Crippen LogP contribution in [0.4, 0.5) is 0 Å². The van der Waals surface area contributed by atoms with Crippen molar-refractivity contribution in [1.82, 2.24) is 24.9 Å². The van der Waals surface area contributed by atoms with Crippen LogP contribution in [0.5, 0.6) is 0 Å². The third-order valence-electron chi connectivity index (χ3n) is 6.59. The van der Waals surface area contributed by atoms with E-state index >= 15 is 0 Å². The van der Waals surface area contributed by atoms with Crippen LogP contribution >= 0.6 is 0 Å². The second-order valence-corrected chi connectivity index (χ2v) is 9.03. The zero-order chi connectivity index (χ0) is 19.3. The molecule has 1 N–H and O–H groups in total. The number of imidazole rings is 1. The van der Waals surface area contributed by atoms with Gasteiger partial charge in [0.05, 0.1) is 23.3 Å². The van der Waals surface area contributed by atoms with Gasteiger partial charge in [0, 0.05) is 50.3 Å². The summed E-state index contributed by atoms with van der Waals surface area (Å²) in [7, 11) is 0. The highest BCUT2D eigenvalue weighted by Gasteiger charge is 2.47. The van der Waals surface area contributed by atoms with Crippen LogP contribution in [0.15, 0.2) is 16.9 Å². The Kier molecular flexibility index (Phi) is 4.30. The number of fused-ring (bicyclic) bond motifs is 2. The number of hydrogen-bond acceptors (Lipinski definition) is 5. The molecule has 2 aromatic rings. The average molecular weight is 383 g/mol. The molecule has 1 saturated heterocycles. The van der Waals surface area contributed by atoms with E-state index < -0.39 is 0 Å². The van der Waals surface area contributed by atoms with Crippen LogP contribution in [-0.4, -0.2) is 57.0 Å². The minimum Gasteiger partial charge on any atom is -0.351 e. The number of carbonyl (C=O) groups excluding carboxylic acids is 1. The highest BCUT2D eigenvalue weighted by molar-refractivity contribution is 5.91. The molecule has 2 aliphatic heterocycles. The fourth-order valence-corrected chi connectivity index (χ4v) is 4.98. The third-order valence-corrected chi connectivity index (χ3v) is 6.59. The summed E-state index contributed by atoms with van der Waals surface area (Å²) in [6.07, 6.45) is 6.99. The Morgan fingerprint density at radius 1 is 1.32 bits per heavy atom. The Hall–Kier alpha value is -2.15. The van der Waals surface area contributed by atoms with Crippen molar-refractivity contribution in [3.05, 3.63) is 35.2 Å². The summed E-state index contributed by atoms with van der Waals surface area (Å²) in [6.45, 7) is 8.10. The smallest absolute Gasteiger partial charge is 0.292 e. The molecule has 2 fully saturated rings. The molecule has 4 heterocycles. The molecule has 0 radical (unpaired) electrons. The third kappa shape index (κ3) is 2.96. The van der Waals surface area contributed by atoms with Crippen LogP contribution in [0.1, 0.15) is 73.1 Å². The number of hydrogen-bond donors (Lipinski definition) is 1. The van der Waals surface area contributed by atoms with E-state index in [9.17, 15) is 4.79 Å². The van der Waals surface area contributed by atoms with E-state index in [0.717, 1.165) is 64.0 Å². The molecule has 1 aliphatic carbocycles. The van der Waals surface area contributed by atoms with Gasteiger partial charge in [-0.1, -0.05) is 19.0 Å². The maximum Gasteiger partial charge on any atom is 0.292 e. The predicted molar refractivity (Wildman–Crippen MR) is 104 cm³/mol. The van der Waals surface area contributed by atoms with Crippen LogP contribution in [0.2, 0.25) is 0 Å². The highest BCUT2D eigenvalue weighted by atomic mass is 16.5. The first-order valence-corrected chi connectivity index (χ1v) is 10.6. The van der Waals surface area contributed by atoms with Crippen molar-refractivity contribution in [2.75, 3.05) is 26.2 Å². The van der Waals surface area contributed by atoms with Gasteiger partial charge in [0.2, 0.25) is 5.76 Å². The van der Waals surface area contributed by atoms with Crippen LogP contribution in [0.3, 0.4) is 0 Å². The quantitative estimate of drug-likeness (QED) is 0.878. The van der Waals surface area contributed by atoms with E-state index in [1.54, 1.807) is 0 Å². The molecule has 7 heteroatoms. The predicted octanol–water partition coefficient (Wildman–Crippen LogP) is 2.92. The van der Waals surface area contributed by atoms with Crippen molar-refractivity contribution >= 4 is 5.91 Å². The number of amides is 1. The number of aromatic amines is 1. The van der Waals surface area contributed by atoms with Crippen molar-refractivity contribution in [3.8, 4) is 0 Å². The summed E-state index contributed by atoms with van der Waals surface area (Å²) in [4.78, 5) is 25.5. The molecule has 1 saturated carbocycles. The standard InChI is InChI=1S/C21H29N5O2/c1-14(2)12-26-8-5-16-19(23-13-22-16)21(26)6-9-25(10-7-21)20(27)18-11-17(24-28-18)15-3-4-15/h11,13-15H,3-10,12H2,1-2H3,(H,22,23). The lowest BCUT2D eigenvalue weighted by molar-refractivity contribution is -0.000406. The van der Waals surface area contributed by atoms with Gasteiger partial charge in [0.15, 0.2) is 0 Å². The number of H-pyrrole nitrogens is 1. The van der Waals surface area contributed by atoms with Crippen LogP contribution in [0.25, 0.3) is 0 Å². The number of rotatable bonds is 4. The molecule has 2 aromatic heterocycles. The van der Waals surface area contributed by atoms with Crippen LogP contribution in [0, 0.1) is 5.92 Å². The maximum absolute atomic E-state index is 12.9. The van der Waals surface area contributed by atoms with Crippen molar-refractivity contribution in [1.29, 1.82) is 0 Å². The minimum absolute atomic E-state index is 0.0253. The summed E-state index contributed by atoms with van der Waals surface area (Å²) in [5.74, 6) is 1.47. The van der Waals surface area contributed by atoms with Crippen LogP contribution in [-0.2, 0) is 12.0 Å². The summed E-state index contributed by atoms with van der Waals surface area (Å²) in [6, 6.07) is 1.85. The van der Waals surface area contributed by atoms with Gasteiger partial charge in [-0.05, 0) is 31.6 Å². The summed E-state index contributed by atoms with van der Waals surface area (Å²) >= 11 is 0. The monoisotopic (exact) mass is 383 g/mol. The van der Waals surface area contributed by atoms with Gasteiger partial charge in [0.25, 0.3) is 5.91 Å². The lowest BCUT2D eigenvalue weighted by Gasteiger charge is -2.51. The van der Waals surface area contributed by atoms with Gasteiger partial charge in [-0.15, -0.1) is 0 Å². The van der Waals surface area contributed by atoms with Crippen molar-refractivity contribution in [3.63, 3.8) is 0 Å². The van der Waals surface area contributed by atoms with Crippen molar-refractivity contribution in [2.45, 2.75) is 57.4 Å². The van der Waals surface area contributed by atoms with E-state index in [1.165, 1.54) is 11.4 Å². The maximum atomic E-state index is 12.9. The van der Waals surface area contributed by atoms with Gasteiger partial charge >= 0.3 is 0 Å². The minimum atomic E-state index is -0.0603. The number of nitrogens with zero attached hydrogens (tertiary/aromatic N) is 4. The zero-order valence-electron chi connectivity index (χ0n) is 16.8. The molecular formula is C21H29N5O2. The van der Waals surface area contributed by atoms with Gasteiger partial charge in [-0.3, -0.25) is 9.69 Å². The van der Waals surface area contributed by atoms with E-state index in [0.29, 0.717) is 17.6 Å². The first-order valence-electron chi connectivity index (χ1n) is 10.6. The topological polar surface area (TPSA) is 78.3 Å². The zero-order valence-corrected chi connectivity index (χ0v) is 16.8. The summed E-state index contributed by atoms with van der Waals surface area (Å²) < 4.78 is 5.37. The fraction of sp³-hybridized carbons (Fsp3) is 0.667. The Bertz CT molecular complexity index is 858. The Labute approximate surface area is 165 Å². The fourth-order valence-electron chi connectivity index (χ4n) is 4.98. The molecule has 1 spiro atoms. The molecule has 0 unspecified atom stereocenters. The van der Waals surface area contributed by atoms with Gasteiger partial charge < -0.3 is 14.4 Å². The Balaban J connectivity index is 1.34. The highest BCUT2D eigenvalue weighted by Crippen LogP contribution is 2.43. The SMILES string of the molecule is CC(C)CN1CCc2[nH]cnc2C12CCN(C(=O)c1cc(C3CC3)no1)CC2. The molecule has 7 nitrogen and oxygen atoms in total. The largest absolute Gasteiger partial charge is 0.351 e. The molecule has 1 amide bonds. The number of piperidine rings is 1. The average Bonchev–Trinajstić information content (AvgIpc) is 3.22. The molecule has 3 aliphatic rings. The van der Waals surface area contributed by atoms with Gasteiger partial charge in [-0.25, -0.2) is 4.98 Å². The second-order valence-electron chi connectivity index (χ2n) is 9.03. The first-order chi connectivity index (χ1) is 13.6. The lowest BCUT2D eigenvalue weighted by Crippen LogP contribution is -2.57. The molecule has 5 rings (SSSR count). The Morgan fingerprint density at radius 3 is 2.82 bits per heavy atom. The summed E-state index contributed by atoms with van der Waals surface area (Å²) in [5, 5.41) is 4.10. The molecule has 28 heavy (non-hydrogen) atoms. The van der Waals surface area contributed by atoms with Gasteiger partial charge in [-0.2, -0.15) is 0 Å². The van der Waals surface area contributed by atoms with Crippen molar-refractivity contribution in [2.24, 2.45) is 5.92 Å². The molecule has 0 aromatic carbocycles. The number of carbonyl (C=O) groups is 1. The molecule has 0 bridgehead atoms. The molecule has 0 atom stereocenters. The van der Waals surface area contributed by atoms with E-state index in [-0.39, 0.29) is 11.4 Å². The number of nitrogens with one attached hydrogen (secondary N) is 1. The van der Waals surface area contributed by atoms with Gasteiger partial charge in [0.1, 0.15) is 0 Å². The van der Waals surface area contributed by atoms with Crippen LogP contribution < -0.4 is 0 Å². The van der Waals surface area contributed by atoms with E-state index in [1.807, 2.05) is 17.3 Å². The molecule has 150 valence electrons. The second kappa shape index (κ2) is 6.72.